The first-order valence-corrected chi connectivity index (χ1v) is 6.23. The molecule has 4 nitrogen and oxygen atoms in total. The van der Waals surface area contributed by atoms with Crippen molar-refractivity contribution in [1.29, 1.82) is 0 Å². The molecule has 1 aliphatic rings. The van der Waals surface area contributed by atoms with Gasteiger partial charge in [-0.15, -0.1) is 0 Å². The molecule has 0 bridgehead atoms. The number of carbonyl (C=O) groups excluding carboxylic acids is 1. The van der Waals surface area contributed by atoms with Crippen molar-refractivity contribution < 1.29 is 9.90 Å². The van der Waals surface area contributed by atoms with E-state index < -0.39 is 0 Å². The zero-order valence-corrected chi connectivity index (χ0v) is 10.9. The number of benzene rings is 1. The Kier molecular flexibility index (Phi) is 3.68. The van der Waals surface area contributed by atoms with E-state index in [0.29, 0.717) is 12.1 Å². The van der Waals surface area contributed by atoms with E-state index in [4.69, 9.17) is 5.11 Å². The van der Waals surface area contributed by atoms with Gasteiger partial charge < -0.3 is 15.7 Å². The highest BCUT2D eigenvalue weighted by Crippen LogP contribution is 2.17. The van der Waals surface area contributed by atoms with E-state index in [1.807, 2.05) is 32.0 Å². The van der Waals surface area contributed by atoms with Gasteiger partial charge >= 0.3 is 0 Å². The molecule has 1 aliphatic heterocycles. The molecule has 18 heavy (non-hydrogen) atoms. The first kappa shape index (κ1) is 13.1. The van der Waals surface area contributed by atoms with Gasteiger partial charge in [-0.1, -0.05) is 19.9 Å². The van der Waals surface area contributed by atoms with E-state index in [9.17, 15) is 4.79 Å². The first-order chi connectivity index (χ1) is 8.52. The summed E-state index contributed by atoms with van der Waals surface area (Å²) in [6.07, 6.45) is 0. The summed E-state index contributed by atoms with van der Waals surface area (Å²) in [6.45, 7) is 6.08. The summed E-state index contributed by atoms with van der Waals surface area (Å²) in [7, 11) is 0. The fourth-order valence-electron chi connectivity index (χ4n) is 1.91. The lowest BCUT2D eigenvalue weighted by Gasteiger charge is -2.21. The second-order valence-corrected chi connectivity index (χ2v) is 5.59. The van der Waals surface area contributed by atoms with Gasteiger partial charge in [0, 0.05) is 37.2 Å². The van der Waals surface area contributed by atoms with Gasteiger partial charge in [0.1, 0.15) is 0 Å². The minimum absolute atomic E-state index is 0.0569. The van der Waals surface area contributed by atoms with E-state index in [-0.39, 0.29) is 17.9 Å². The normalized spacial score (nSPS) is 14.4. The maximum atomic E-state index is 12.0. The predicted molar refractivity (Wildman–Crippen MR) is 70.2 cm³/mol. The Balaban J connectivity index is 2.01. The van der Waals surface area contributed by atoms with Crippen LogP contribution in [0, 0.1) is 5.41 Å². The summed E-state index contributed by atoms with van der Waals surface area (Å²) in [6, 6.07) is 5.80. The topological polar surface area (TPSA) is 61.4 Å². The van der Waals surface area contributed by atoms with Gasteiger partial charge in [-0.05, 0) is 23.3 Å². The summed E-state index contributed by atoms with van der Waals surface area (Å²) in [5, 5.41) is 15.3. The van der Waals surface area contributed by atoms with E-state index in [2.05, 4.69) is 10.6 Å². The van der Waals surface area contributed by atoms with Crippen LogP contribution in [0.2, 0.25) is 0 Å². The Morgan fingerprint density at radius 2 is 2.11 bits per heavy atom. The molecule has 1 aromatic rings. The molecule has 0 spiro atoms. The van der Waals surface area contributed by atoms with Crippen LogP contribution >= 0.6 is 0 Å². The number of rotatable bonds is 4. The van der Waals surface area contributed by atoms with Gasteiger partial charge in [0.15, 0.2) is 0 Å². The van der Waals surface area contributed by atoms with Crippen molar-refractivity contribution in [2.75, 3.05) is 13.2 Å². The molecule has 0 aromatic heterocycles. The number of fused-ring (bicyclic) bond motifs is 1. The van der Waals surface area contributed by atoms with E-state index >= 15 is 0 Å². The maximum absolute atomic E-state index is 12.0. The lowest BCUT2D eigenvalue weighted by atomic mass is 9.95. The molecule has 2 rings (SSSR count). The number of carbonyl (C=O) groups is 1. The van der Waals surface area contributed by atoms with Crippen molar-refractivity contribution in [2.45, 2.75) is 26.9 Å². The van der Waals surface area contributed by atoms with E-state index in [0.717, 1.165) is 13.1 Å². The summed E-state index contributed by atoms with van der Waals surface area (Å²) >= 11 is 0. The largest absolute Gasteiger partial charge is 0.396 e. The number of hydrogen-bond acceptors (Lipinski definition) is 3. The Labute approximate surface area is 107 Å². The number of aliphatic hydroxyl groups excluding tert-OH is 1. The van der Waals surface area contributed by atoms with Crippen molar-refractivity contribution in [3.63, 3.8) is 0 Å². The minimum atomic E-state index is -0.284. The van der Waals surface area contributed by atoms with Gasteiger partial charge in [-0.3, -0.25) is 4.79 Å². The highest BCUT2D eigenvalue weighted by atomic mass is 16.3. The lowest BCUT2D eigenvalue weighted by molar-refractivity contribution is 0.0911. The minimum Gasteiger partial charge on any atom is -0.396 e. The van der Waals surface area contributed by atoms with Crippen LogP contribution < -0.4 is 10.6 Å². The van der Waals surface area contributed by atoms with Gasteiger partial charge in [-0.25, -0.2) is 0 Å². The van der Waals surface area contributed by atoms with E-state index in [1.54, 1.807) is 0 Å². The third kappa shape index (κ3) is 2.89. The van der Waals surface area contributed by atoms with Gasteiger partial charge in [-0.2, -0.15) is 0 Å². The highest BCUT2D eigenvalue weighted by molar-refractivity contribution is 5.94. The molecule has 3 N–H and O–H groups in total. The highest BCUT2D eigenvalue weighted by Gasteiger charge is 2.19. The first-order valence-electron chi connectivity index (χ1n) is 6.23. The molecule has 0 fully saturated rings. The summed E-state index contributed by atoms with van der Waals surface area (Å²) in [4.78, 5) is 12.0. The van der Waals surface area contributed by atoms with Crippen LogP contribution in [0.1, 0.15) is 35.3 Å². The summed E-state index contributed by atoms with van der Waals surface area (Å²) in [5.74, 6) is -0.0776. The number of hydrogen-bond donors (Lipinski definition) is 3. The number of nitrogens with one attached hydrogen (secondary N) is 2. The monoisotopic (exact) mass is 248 g/mol. The Hall–Kier alpha value is -1.39. The molecule has 0 saturated carbocycles. The molecule has 0 saturated heterocycles. The van der Waals surface area contributed by atoms with Crippen molar-refractivity contribution in [2.24, 2.45) is 5.41 Å². The van der Waals surface area contributed by atoms with Crippen LogP contribution in [-0.4, -0.2) is 24.2 Å². The fourth-order valence-corrected chi connectivity index (χ4v) is 1.91. The van der Waals surface area contributed by atoms with Crippen molar-refractivity contribution in [3.05, 3.63) is 34.9 Å². The maximum Gasteiger partial charge on any atom is 0.251 e. The zero-order valence-electron chi connectivity index (χ0n) is 10.9. The average molecular weight is 248 g/mol. The summed E-state index contributed by atoms with van der Waals surface area (Å²) < 4.78 is 0. The molecule has 0 atom stereocenters. The third-order valence-electron chi connectivity index (χ3n) is 3.25. The molecule has 1 amide bonds. The third-order valence-corrected chi connectivity index (χ3v) is 3.25. The second-order valence-electron chi connectivity index (χ2n) is 5.59. The molecule has 1 aromatic carbocycles. The molecule has 1 heterocycles. The van der Waals surface area contributed by atoms with Crippen molar-refractivity contribution >= 4 is 5.91 Å². The van der Waals surface area contributed by atoms with Gasteiger partial charge in [0.2, 0.25) is 0 Å². The standard InChI is InChI=1S/C14H20N2O2/c1-14(2,9-17)8-16-13(18)10-3-4-11-6-15-7-12(11)5-10/h3-5,15,17H,6-9H2,1-2H3,(H,16,18). The fraction of sp³-hybridized carbons (Fsp3) is 0.500. The summed E-state index contributed by atoms with van der Waals surface area (Å²) in [5.41, 5.74) is 2.87. The molecule has 0 radical (unpaired) electrons. The smallest absolute Gasteiger partial charge is 0.251 e. The van der Waals surface area contributed by atoms with Crippen LogP contribution in [-0.2, 0) is 13.1 Å². The lowest BCUT2D eigenvalue weighted by Crippen LogP contribution is -2.36. The SMILES string of the molecule is CC(C)(CO)CNC(=O)c1ccc2c(c1)CNC2. The van der Waals surface area contributed by atoms with Crippen LogP contribution in [0.5, 0.6) is 0 Å². The molecule has 0 unspecified atom stereocenters. The van der Waals surface area contributed by atoms with Crippen LogP contribution in [0.25, 0.3) is 0 Å². The molecular weight excluding hydrogens is 228 g/mol. The zero-order chi connectivity index (χ0) is 13.2. The quantitative estimate of drug-likeness (QED) is 0.746. The van der Waals surface area contributed by atoms with Gasteiger partial charge in [0.25, 0.3) is 5.91 Å². The van der Waals surface area contributed by atoms with Crippen LogP contribution in [0.3, 0.4) is 0 Å². The Morgan fingerprint density at radius 3 is 2.83 bits per heavy atom. The van der Waals surface area contributed by atoms with E-state index in [1.165, 1.54) is 11.1 Å². The molecule has 0 aliphatic carbocycles. The Morgan fingerprint density at radius 1 is 1.39 bits per heavy atom. The van der Waals surface area contributed by atoms with Crippen LogP contribution in [0.15, 0.2) is 18.2 Å². The number of aliphatic hydroxyl groups is 1. The molecule has 4 heteroatoms. The van der Waals surface area contributed by atoms with Crippen LogP contribution in [0.4, 0.5) is 0 Å². The Bertz CT molecular complexity index is 455. The second kappa shape index (κ2) is 5.08. The molecule has 98 valence electrons. The average Bonchev–Trinajstić information content (AvgIpc) is 2.83. The van der Waals surface area contributed by atoms with Gasteiger partial charge in [0.05, 0.1) is 0 Å². The predicted octanol–water partition coefficient (Wildman–Crippen LogP) is 1.04. The van der Waals surface area contributed by atoms with Crippen molar-refractivity contribution in [3.8, 4) is 0 Å². The number of amides is 1. The molecular formula is C14H20N2O2. The van der Waals surface area contributed by atoms with Crippen molar-refractivity contribution in [1.82, 2.24) is 10.6 Å².